The standard InChI is InChI=1S/C18H16Cl2N2O3/c1-2-22-14-4-12(9-21)3-13(5-14)10-25-18-15(19)6-11(7-16(18)20)8-17(23)24/h3-7,22H,2,8,10H2,1H3,(H,23,24). The van der Waals surface area contributed by atoms with Gasteiger partial charge in [-0.25, -0.2) is 0 Å². The number of nitrogens with one attached hydrogen (secondary N) is 1. The monoisotopic (exact) mass is 378 g/mol. The first-order chi connectivity index (χ1) is 11.9. The molecule has 0 heterocycles. The van der Waals surface area contributed by atoms with E-state index in [-0.39, 0.29) is 28.8 Å². The molecule has 0 amide bonds. The lowest BCUT2D eigenvalue weighted by Crippen LogP contribution is -2.03. The molecule has 7 heteroatoms. The number of benzene rings is 2. The van der Waals surface area contributed by atoms with E-state index < -0.39 is 5.97 Å². The van der Waals surface area contributed by atoms with Crippen LogP contribution in [0, 0.1) is 11.3 Å². The molecular weight excluding hydrogens is 363 g/mol. The number of nitrogens with zero attached hydrogens (tertiary/aromatic N) is 1. The lowest BCUT2D eigenvalue weighted by atomic mass is 10.1. The van der Waals surface area contributed by atoms with E-state index in [2.05, 4.69) is 11.4 Å². The second kappa shape index (κ2) is 8.61. The van der Waals surface area contributed by atoms with Crippen LogP contribution < -0.4 is 10.1 Å². The summed E-state index contributed by atoms with van der Waals surface area (Å²) in [5, 5.41) is 21.6. The molecule has 0 fully saturated rings. The van der Waals surface area contributed by atoms with Gasteiger partial charge in [0.15, 0.2) is 5.75 Å². The average Bonchev–Trinajstić information content (AvgIpc) is 2.53. The van der Waals surface area contributed by atoms with Crippen molar-refractivity contribution in [3.8, 4) is 11.8 Å². The van der Waals surface area contributed by atoms with Gasteiger partial charge in [0.25, 0.3) is 0 Å². The van der Waals surface area contributed by atoms with Crippen LogP contribution in [0.3, 0.4) is 0 Å². The molecule has 0 saturated heterocycles. The van der Waals surface area contributed by atoms with E-state index in [1.807, 2.05) is 13.0 Å². The van der Waals surface area contributed by atoms with Crippen molar-refractivity contribution in [3.05, 3.63) is 57.1 Å². The van der Waals surface area contributed by atoms with E-state index in [9.17, 15) is 4.79 Å². The molecule has 0 aliphatic rings. The van der Waals surface area contributed by atoms with Gasteiger partial charge in [-0.15, -0.1) is 0 Å². The molecule has 0 bridgehead atoms. The Morgan fingerprint density at radius 2 is 1.88 bits per heavy atom. The van der Waals surface area contributed by atoms with Gasteiger partial charge in [0.05, 0.1) is 28.1 Å². The van der Waals surface area contributed by atoms with E-state index >= 15 is 0 Å². The van der Waals surface area contributed by atoms with Crippen LogP contribution in [0.2, 0.25) is 10.0 Å². The molecule has 2 rings (SSSR count). The van der Waals surface area contributed by atoms with Gasteiger partial charge in [0.1, 0.15) is 6.61 Å². The highest BCUT2D eigenvalue weighted by Gasteiger charge is 2.12. The molecule has 0 aromatic heterocycles. The second-order valence-electron chi connectivity index (χ2n) is 5.31. The van der Waals surface area contributed by atoms with Crippen molar-refractivity contribution in [2.24, 2.45) is 0 Å². The Hall–Kier alpha value is -2.42. The van der Waals surface area contributed by atoms with Crippen molar-refractivity contribution in [2.75, 3.05) is 11.9 Å². The maximum atomic E-state index is 10.8. The van der Waals surface area contributed by atoms with Crippen LogP contribution >= 0.6 is 23.2 Å². The Labute approximate surface area is 155 Å². The van der Waals surface area contributed by atoms with Crippen molar-refractivity contribution < 1.29 is 14.6 Å². The predicted molar refractivity (Wildman–Crippen MR) is 97.5 cm³/mol. The number of anilines is 1. The van der Waals surface area contributed by atoms with Crippen LogP contribution in [0.15, 0.2) is 30.3 Å². The highest BCUT2D eigenvalue weighted by molar-refractivity contribution is 6.37. The van der Waals surface area contributed by atoms with Gasteiger partial charge in [0, 0.05) is 12.2 Å². The van der Waals surface area contributed by atoms with Gasteiger partial charge in [0.2, 0.25) is 0 Å². The van der Waals surface area contributed by atoms with Gasteiger partial charge in [-0.05, 0) is 48.4 Å². The minimum atomic E-state index is -0.968. The number of hydrogen-bond donors (Lipinski definition) is 2. The summed E-state index contributed by atoms with van der Waals surface area (Å²) in [4.78, 5) is 10.8. The van der Waals surface area contributed by atoms with Crippen molar-refractivity contribution in [1.29, 1.82) is 5.26 Å². The van der Waals surface area contributed by atoms with E-state index in [0.717, 1.165) is 17.8 Å². The highest BCUT2D eigenvalue weighted by Crippen LogP contribution is 2.35. The summed E-state index contributed by atoms with van der Waals surface area (Å²) in [6.45, 7) is 2.87. The summed E-state index contributed by atoms with van der Waals surface area (Å²) in [6.07, 6.45) is -0.171. The smallest absolute Gasteiger partial charge is 0.307 e. The van der Waals surface area contributed by atoms with Crippen molar-refractivity contribution in [2.45, 2.75) is 20.0 Å². The zero-order chi connectivity index (χ0) is 18.4. The summed E-state index contributed by atoms with van der Waals surface area (Å²) in [6, 6.07) is 10.5. The van der Waals surface area contributed by atoms with Crippen LogP contribution in [0.5, 0.6) is 5.75 Å². The van der Waals surface area contributed by atoms with Crippen molar-refractivity contribution >= 4 is 34.9 Å². The molecule has 0 unspecified atom stereocenters. The molecular formula is C18H16Cl2N2O3. The normalized spacial score (nSPS) is 10.2. The summed E-state index contributed by atoms with van der Waals surface area (Å²) < 4.78 is 5.70. The SMILES string of the molecule is CCNc1cc(C#N)cc(COc2c(Cl)cc(CC(=O)O)cc2Cl)c1. The Kier molecular flexibility index (Phi) is 6.51. The number of carboxylic acid groups (broad SMARTS) is 1. The Morgan fingerprint density at radius 1 is 1.20 bits per heavy atom. The van der Waals surface area contributed by atoms with Gasteiger partial charge in [-0.3, -0.25) is 4.79 Å². The molecule has 0 atom stereocenters. The zero-order valence-electron chi connectivity index (χ0n) is 13.5. The van der Waals surface area contributed by atoms with Crippen LogP contribution in [0.4, 0.5) is 5.69 Å². The van der Waals surface area contributed by atoms with Gasteiger partial charge >= 0.3 is 5.97 Å². The first kappa shape index (κ1) is 18.9. The number of carboxylic acids is 1. The fourth-order valence-electron chi connectivity index (χ4n) is 2.33. The minimum absolute atomic E-state index is 0.171. The van der Waals surface area contributed by atoms with Gasteiger partial charge < -0.3 is 15.2 Å². The second-order valence-corrected chi connectivity index (χ2v) is 6.12. The largest absolute Gasteiger partial charge is 0.486 e. The molecule has 5 nitrogen and oxygen atoms in total. The first-order valence-electron chi connectivity index (χ1n) is 7.53. The highest BCUT2D eigenvalue weighted by atomic mass is 35.5. The Balaban J connectivity index is 2.20. The molecule has 0 aliphatic carbocycles. The van der Waals surface area contributed by atoms with Crippen molar-refractivity contribution in [3.63, 3.8) is 0 Å². The summed E-state index contributed by atoms with van der Waals surface area (Å²) in [5.74, 6) is -0.685. The van der Waals surface area contributed by atoms with E-state index in [0.29, 0.717) is 11.1 Å². The third-order valence-electron chi connectivity index (χ3n) is 3.30. The van der Waals surface area contributed by atoms with Gasteiger partial charge in [-0.1, -0.05) is 23.2 Å². The number of rotatable bonds is 7. The lowest BCUT2D eigenvalue weighted by molar-refractivity contribution is -0.136. The van der Waals surface area contributed by atoms with E-state index in [4.69, 9.17) is 38.3 Å². The Morgan fingerprint density at radius 3 is 2.44 bits per heavy atom. The topological polar surface area (TPSA) is 82.3 Å². The van der Waals surface area contributed by atoms with Crippen LogP contribution in [-0.2, 0) is 17.8 Å². The third kappa shape index (κ3) is 5.28. The third-order valence-corrected chi connectivity index (χ3v) is 3.86. The number of halogens is 2. The molecule has 0 aliphatic heterocycles. The van der Waals surface area contributed by atoms with E-state index in [1.165, 1.54) is 12.1 Å². The molecule has 0 radical (unpaired) electrons. The molecule has 2 N–H and O–H groups in total. The zero-order valence-corrected chi connectivity index (χ0v) is 15.0. The molecule has 0 spiro atoms. The number of carbonyl (C=O) groups is 1. The van der Waals surface area contributed by atoms with E-state index in [1.54, 1.807) is 12.1 Å². The molecule has 130 valence electrons. The molecule has 2 aromatic rings. The van der Waals surface area contributed by atoms with Crippen molar-refractivity contribution in [1.82, 2.24) is 0 Å². The molecule has 25 heavy (non-hydrogen) atoms. The molecule has 0 saturated carbocycles. The maximum Gasteiger partial charge on any atom is 0.307 e. The van der Waals surface area contributed by atoms with Crippen LogP contribution in [0.25, 0.3) is 0 Å². The first-order valence-corrected chi connectivity index (χ1v) is 8.29. The average molecular weight is 379 g/mol. The number of hydrogen-bond acceptors (Lipinski definition) is 4. The van der Waals surface area contributed by atoms with Crippen LogP contribution in [-0.4, -0.2) is 17.6 Å². The summed E-state index contributed by atoms with van der Waals surface area (Å²) >= 11 is 12.3. The lowest BCUT2D eigenvalue weighted by Gasteiger charge is -2.13. The number of aliphatic carboxylic acids is 1. The van der Waals surface area contributed by atoms with Gasteiger partial charge in [-0.2, -0.15) is 5.26 Å². The fourth-order valence-corrected chi connectivity index (χ4v) is 2.97. The quantitative estimate of drug-likeness (QED) is 0.740. The Bertz CT molecular complexity index is 809. The summed E-state index contributed by atoms with van der Waals surface area (Å²) in [5.41, 5.74) is 2.63. The minimum Gasteiger partial charge on any atom is -0.486 e. The number of ether oxygens (including phenoxy) is 1. The maximum absolute atomic E-state index is 10.8. The fraction of sp³-hybridized carbons (Fsp3) is 0.222. The summed E-state index contributed by atoms with van der Waals surface area (Å²) in [7, 11) is 0. The number of nitriles is 1. The van der Waals surface area contributed by atoms with Crippen LogP contribution in [0.1, 0.15) is 23.6 Å². The molecule has 2 aromatic carbocycles. The predicted octanol–water partition coefficient (Wildman–Crippen LogP) is 4.50.